The predicted octanol–water partition coefficient (Wildman–Crippen LogP) is 2.58. The molecule has 1 saturated heterocycles. The second-order valence-electron chi connectivity index (χ2n) is 4.85. The summed E-state index contributed by atoms with van der Waals surface area (Å²) in [4.78, 5) is 2.33. The Morgan fingerprint density at radius 3 is 2.42 bits per heavy atom. The van der Waals surface area contributed by atoms with Gasteiger partial charge in [-0.15, -0.1) is 0 Å². The van der Waals surface area contributed by atoms with Gasteiger partial charge in [0, 0.05) is 25.3 Å². The maximum atomic E-state index is 12.4. The van der Waals surface area contributed by atoms with Crippen LogP contribution in [0.3, 0.4) is 0 Å². The Kier molecular flexibility index (Phi) is 5.10. The molecule has 1 heterocycles. The Balaban J connectivity index is 1.87. The molecule has 1 N–H and O–H groups in total. The van der Waals surface area contributed by atoms with Crippen molar-refractivity contribution in [3.05, 3.63) is 29.8 Å². The van der Waals surface area contributed by atoms with E-state index in [-0.39, 0.29) is 0 Å². The number of benzene rings is 1. The maximum absolute atomic E-state index is 12.4. The summed E-state index contributed by atoms with van der Waals surface area (Å²) in [5.74, 6) is 0. The molecule has 3 nitrogen and oxygen atoms in total. The summed E-state index contributed by atoms with van der Waals surface area (Å²) in [7, 11) is 0. The highest BCUT2D eigenvalue weighted by atomic mass is 19.3. The van der Waals surface area contributed by atoms with Gasteiger partial charge in [-0.1, -0.05) is 12.1 Å². The van der Waals surface area contributed by atoms with Gasteiger partial charge in [0.05, 0.1) is 19.3 Å². The van der Waals surface area contributed by atoms with Crippen molar-refractivity contribution < 1.29 is 13.5 Å². The van der Waals surface area contributed by atoms with Crippen molar-refractivity contribution in [3.63, 3.8) is 0 Å². The van der Waals surface area contributed by atoms with Crippen LogP contribution in [0.15, 0.2) is 24.3 Å². The summed E-state index contributed by atoms with van der Waals surface area (Å²) in [6.45, 7) is 5.82. The summed E-state index contributed by atoms with van der Waals surface area (Å²) in [5, 5.41) is 2.79. The van der Waals surface area contributed by atoms with E-state index in [1.165, 1.54) is 12.5 Å². The second-order valence-corrected chi connectivity index (χ2v) is 4.85. The first kappa shape index (κ1) is 14.2. The van der Waals surface area contributed by atoms with Crippen molar-refractivity contribution in [2.75, 3.05) is 31.6 Å². The summed E-state index contributed by atoms with van der Waals surface area (Å²) < 4.78 is 30.1. The maximum Gasteiger partial charge on any atom is 0.258 e. The highest BCUT2D eigenvalue weighted by Crippen LogP contribution is 2.15. The van der Waals surface area contributed by atoms with Crippen LogP contribution in [0.2, 0.25) is 0 Å². The molecule has 19 heavy (non-hydrogen) atoms. The SMILES string of the molecule is CC(Nc1ccc(CN2CCOCC2)cc1)C(F)F. The summed E-state index contributed by atoms with van der Waals surface area (Å²) >= 11 is 0. The first-order chi connectivity index (χ1) is 9.15. The zero-order valence-corrected chi connectivity index (χ0v) is 11.1. The van der Waals surface area contributed by atoms with Gasteiger partial charge in [-0.3, -0.25) is 4.90 Å². The molecule has 1 aliphatic heterocycles. The van der Waals surface area contributed by atoms with Gasteiger partial charge in [-0.25, -0.2) is 8.78 Å². The molecular weight excluding hydrogens is 250 g/mol. The lowest BCUT2D eigenvalue weighted by atomic mass is 10.1. The van der Waals surface area contributed by atoms with E-state index in [1.807, 2.05) is 24.3 Å². The fraction of sp³-hybridized carbons (Fsp3) is 0.571. The number of halogens is 2. The number of anilines is 1. The fourth-order valence-electron chi connectivity index (χ4n) is 2.05. The lowest BCUT2D eigenvalue weighted by Gasteiger charge is -2.26. The molecule has 0 radical (unpaired) electrons. The van der Waals surface area contributed by atoms with Crippen LogP contribution in [-0.4, -0.2) is 43.7 Å². The molecule has 0 saturated carbocycles. The van der Waals surface area contributed by atoms with Crippen LogP contribution in [0.5, 0.6) is 0 Å². The van der Waals surface area contributed by atoms with Crippen molar-refractivity contribution in [3.8, 4) is 0 Å². The van der Waals surface area contributed by atoms with Gasteiger partial charge in [-0.2, -0.15) is 0 Å². The molecule has 0 aliphatic carbocycles. The smallest absolute Gasteiger partial charge is 0.258 e. The molecule has 106 valence electrons. The predicted molar refractivity (Wildman–Crippen MR) is 71.6 cm³/mol. The minimum Gasteiger partial charge on any atom is -0.379 e. The van der Waals surface area contributed by atoms with E-state index in [1.54, 1.807) is 0 Å². The van der Waals surface area contributed by atoms with Crippen LogP contribution in [0.25, 0.3) is 0 Å². The molecule has 1 aliphatic rings. The summed E-state index contributed by atoms with van der Waals surface area (Å²) in [6, 6.07) is 6.85. The van der Waals surface area contributed by atoms with Crippen molar-refractivity contribution in [1.29, 1.82) is 0 Å². The molecule has 2 rings (SSSR count). The third kappa shape index (κ3) is 4.44. The van der Waals surface area contributed by atoms with Crippen LogP contribution in [0, 0.1) is 0 Å². The quantitative estimate of drug-likeness (QED) is 0.890. The minimum absolute atomic E-state index is 0.735. The van der Waals surface area contributed by atoms with Gasteiger partial charge >= 0.3 is 0 Å². The van der Waals surface area contributed by atoms with E-state index in [2.05, 4.69) is 10.2 Å². The third-order valence-electron chi connectivity index (χ3n) is 3.24. The molecule has 0 amide bonds. The number of rotatable bonds is 5. The molecule has 0 spiro atoms. The highest BCUT2D eigenvalue weighted by molar-refractivity contribution is 5.45. The van der Waals surface area contributed by atoms with Crippen molar-refractivity contribution >= 4 is 5.69 Å². The van der Waals surface area contributed by atoms with Crippen molar-refractivity contribution in [2.24, 2.45) is 0 Å². The first-order valence-corrected chi connectivity index (χ1v) is 6.59. The van der Waals surface area contributed by atoms with Crippen molar-refractivity contribution in [1.82, 2.24) is 4.90 Å². The van der Waals surface area contributed by atoms with E-state index < -0.39 is 12.5 Å². The molecule has 0 bridgehead atoms. The lowest BCUT2D eigenvalue weighted by Crippen LogP contribution is -2.35. The highest BCUT2D eigenvalue weighted by Gasteiger charge is 2.14. The third-order valence-corrected chi connectivity index (χ3v) is 3.24. The monoisotopic (exact) mass is 270 g/mol. The van der Waals surface area contributed by atoms with E-state index in [4.69, 9.17) is 4.74 Å². The second kappa shape index (κ2) is 6.82. The number of nitrogens with one attached hydrogen (secondary N) is 1. The lowest BCUT2D eigenvalue weighted by molar-refractivity contribution is 0.0342. The van der Waals surface area contributed by atoms with Crippen LogP contribution < -0.4 is 5.32 Å². The zero-order chi connectivity index (χ0) is 13.7. The Morgan fingerprint density at radius 1 is 1.21 bits per heavy atom. The van der Waals surface area contributed by atoms with E-state index in [0.717, 1.165) is 38.5 Å². The number of ether oxygens (including phenoxy) is 1. The Hall–Kier alpha value is -1.20. The number of hydrogen-bond donors (Lipinski definition) is 1. The molecule has 0 aromatic heterocycles. The molecule has 1 aromatic rings. The largest absolute Gasteiger partial charge is 0.379 e. The molecule has 1 aromatic carbocycles. The number of morpholine rings is 1. The normalized spacial score (nSPS) is 18.5. The molecule has 1 fully saturated rings. The average molecular weight is 270 g/mol. The van der Waals surface area contributed by atoms with Gasteiger partial charge in [0.15, 0.2) is 0 Å². The number of hydrogen-bond acceptors (Lipinski definition) is 3. The standard InChI is InChI=1S/C14H20F2N2O/c1-11(14(15)16)17-13-4-2-12(3-5-13)10-18-6-8-19-9-7-18/h2-5,11,14,17H,6-10H2,1H3. The first-order valence-electron chi connectivity index (χ1n) is 6.59. The van der Waals surface area contributed by atoms with Crippen LogP contribution >= 0.6 is 0 Å². The van der Waals surface area contributed by atoms with Crippen LogP contribution in [0.1, 0.15) is 12.5 Å². The Bertz CT molecular complexity index is 378. The zero-order valence-electron chi connectivity index (χ0n) is 11.1. The molecule has 5 heteroatoms. The number of alkyl halides is 2. The summed E-state index contributed by atoms with van der Waals surface area (Å²) in [5.41, 5.74) is 1.93. The Labute approximate surface area is 112 Å². The van der Waals surface area contributed by atoms with Gasteiger partial charge in [0.25, 0.3) is 6.43 Å². The van der Waals surface area contributed by atoms with Gasteiger partial charge in [0.1, 0.15) is 0 Å². The topological polar surface area (TPSA) is 24.5 Å². The summed E-state index contributed by atoms with van der Waals surface area (Å²) in [6.07, 6.45) is -2.35. The van der Waals surface area contributed by atoms with Gasteiger partial charge in [-0.05, 0) is 24.6 Å². The minimum atomic E-state index is -2.35. The number of nitrogens with zero attached hydrogens (tertiary/aromatic N) is 1. The molecule has 1 unspecified atom stereocenters. The van der Waals surface area contributed by atoms with E-state index in [0.29, 0.717) is 0 Å². The van der Waals surface area contributed by atoms with Crippen LogP contribution in [0.4, 0.5) is 14.5 Å². The van der Waals surface area contributed by atoms with Gasteiger partial charge in [0.2, 0.25) is 0 Å². The van der Waals surface area contributed by atoms with Crippen molar-refractivity contribution in [2.45, 2.75) is 25.9 Å². The average Bonchev–Trinajstić information content (AvgIpc) is 2.42. The van der Waals surface area contributed by atoms with Crippen LogP contribution in [-0.2, 0) is 11.3 Å². The van der Waals surface area contributed by atoms with E-state index in [9.17, 15) is 8.78 Å². The molecular formula is C14H20F2N2O. The Morgan fingerprint density at radius 2 is 1.84 bits per heavy atom. The van der Waals surface area contributed by atoms with E-state index >= 15 is 0 Å². The molecule has 1 atom stereocenters. The van der Waals surface area contributed by atoms with Gasteiger partial charge < -0.3 is 10.1 Å². The fourth-order valence-corrected chi connectivity index (χ4v) is 2.05.